The summed E-state index contributed by atoms with van der Waals surface area (Å²) in [5.74, 6) is -4.78. The van der Waals surface area contributed by atoms with Gasteiger partial charge in [0.1, 0.15) is 11.4 Å². The fourth-order valence-corrected chi connectivity index (χ4v) is 2.22. The number of hydrogen-bond donors (Lipinski definition) is 0. The van der Waals surface area contributed by atoms with Crippen molar-refractivity contribution in [3.05, 3.63) is 69.6 Å². The van der Waals surface area contributed by atoms with Gasteiger partial charge in [-0.1, -0.05) is 6.08 Å². The molecule has 0 bridgehead atoms. The Balaban J connectivity index is 2.81. The Morgan fingerprint density at radius 3 is 2.27 bits per heavy atom. The van der Waals surface area contributed by atoms with E-state index >= 15 is 0 Å². The number of ether oxygens (including phenoxy) is 2. The van der Waals surface area contributed by atoms with Gasteiger partial charge in [-0.3, -0.25) is 10.1 Å². The molecule has 0 saturated carbocycles. The Bertz CT molecular complexity index is 876. The lowest BCUT2D eigenvalue weighted by Gasteiger charge is -2.22. The summed E-state index contributed by atoms with van der Waals surface area (Å²) in [5.41, 5.74) is -2.04. The zero-order valence-corrected chi connectivity index (χ0v) is 13.6. The maximum Gasteiger partial charge on any atom is 0.355 e. The highest BCUT2D eigenvalue weighted by molar-refractivity contribution is 6.05. The Hall–Kier alpha value is -3.56. The van der Waals surface area contributed by atoms with Gasteiger partial charge in [0, 0.05) is 12.3 Å². The number of nitrogens with zero attached hydrogens (tertiary/aromatic N) is 2. The molecule has 1 aliphatic heterocycles. The van der Waals surface area contributed by atoms with Crippen LogP contribution in [0.15, 0.2) is 47.8 Å². The van der Waals surface area contributed by atoms with Crippen molar-refractivity contribution in [1.29, 1.82) is 0 Å². The lowest BCUT2D eigenvalue weighted by atomic mass is 10.1. The number of carbonyl (C=O) groups excluding carboxylic acids is 2. The molecule has 0 amide bonds. The van der Waals surface area contributed by atoms with Gasteiger partial charge in [-0.15, -0.1) is 0 Å². The molecule has 26 heavy (non-hydrogen) atoms. The molecule has 1 heterocycles. The van der Waals surface area contributed by atoms with Crippen LogP contribution >= 0.6 is 0 Å². The van der Waals surface area contributed by atoms with Crippen LogP contribution in [0.2, 0.25) is 0 Å². The fraction of sp³-hybridized carbons (Fsp3) is 0.125. The van der Waals surface area contributed by atoms with Crippen LogP contribution in [0.5, 0.6) is 0 Å². The molecule has 0 fully saturated rings. The van der Waals surface area contributed by atoms with Gasteiger partial charge in [-0.2, -0.15) is 0 Å². The molecule has 10 heteroatoms. The van der Waals surface area contributed by atoms with Crippen LogP contribution < -0.4 is 4.90 Å². The molecule has 0 atom stereocenters. The maximum atomic E-state index is 13.7. The van der Waals surface area contributed by atoms with Crippen LogP contribution in [0.3, 0.4) is 0 Å². The number of nitro benzene ring substituents is 1. The molecule has 0 aromatic heterocycles. The number of esters is 2. The largest absolute Gasteiger partial charge is 0.465 e. The number of benzene rings is 1. The lowest BCUT2D eigenvalue weighted by molar-refractivity contribution is -0.384. The molecule has 136 valence electrons. The van der Waals surface area contributed by atoms with Crippen molar-refractivity contribution < 1.29 is 32.8 Å². The Morgan fingerprint density at radius 2 is 1.69 bits per heavy atom. The predicted molar refractivity (Wildman–Crippen MR) is 84.8 cm³/mol. The summed E-state index contributed by atoms with van der Waals surface area (Å²) < 4.78 is 36.4. The molecule has 0 radical (unpaired) electrons. The third kappa shape index (κ3) is 3.43. The minimum Gasteiger partial charge on any atom is -0.465 e. The van der Waals surface area contributed by atoms with Crippen molar-refractivity contribution in [1.82, 2.24) is 0 Å². The van der Waals surface area contributed by atoms with Gasteiger partial charge in [0.2, 0.25) is 0 Å². The van der Waals surface area contributed by atoms with Gasteiger partial charge >= 0.3 is 11.9 Å². The third-order valence-corrected chi connectivity index (χ3v) is 3.36. The van der Waals surface area contributed by atoms with Crippen molar-refractivity contribution in [3.8, 4) is 0 Å². The highest BCUT2D eigenvalue weighted by Gasteiger charge is 2.32. The molecular weight excluding hydrogens is 354 g/mol. The summed E-state index contributed by atoms with van der Waals surface area (Å²) >= 11 is 0. The van der Waals surface area contributed by atoms with Crippen LogP contribution in [0.4, 0.5) is 20.2 Å². The first-order valence-corrected chi connectivity index (χ1v) is 7.00. The number of rotatable bonds is 4. The highest BCUT2D eigenvalue weighted by Crippen LogP contribution is 2.35. The monoisotopic (exact) mass is 366 g/mol. The van der Waals surface area contributed by atoms with Gasteiger partial charge in [-0.25, -0.2) is 18.4 Å². The number of nitro groups is 1. The molecule has 0 aliphatic carbocycles. The molecule has 8 nitrogen and oxygen atoms in total. The topological polar surface area (TPSA) is 99.0 Å². The number of allylic oxidation sites excluding steroid dienone is 2. The molecule has 0 unspecified atom stereocenters. The van der Waals surface area contributed by atoms with Crippen molar-refractivity contribution in [3.63, 3.8) is 0 Å². The number of methoxy groups -OCH3 is 2. The summed E-state index contributed by atoms with van der Waals surface area (Å²) in [7, 11) is 2.10. The van der Waals surface area contributed by atoms with E-state index in [-0.39, 0.29) is 5.57 Å². The second-order valence-electron chi connectivity index (χ2n) is 4.83. The molecule has 1 aromatic rings. The van der Waals surface area contributed by atoms with Crippen molar-refractivity contribution in [2.45, 2.75) is 0 Å². The van der Waals surface area contributed by atoms with Crippen LogP contribution in [0.25, 0.3) is 0 Å². The standard InChI is InChI=1S/C16H12F2N2O6/c1-25-15(21)9-5-3-4-6-19(14(9)16(22)26-2)12-7-10(17)11(18)8-13(12)20(23)24/h3-8H,1-2H3. The summed E-state index contributed by atoms with van der Waals surface area (Å²) in [6, 6.07) is 0.921. The van der Waals surface area contributed by atoms with E-state index in [1.165, 1.54) is 24.4 Å². The number of carbonyl (C=O) groups is 2. The minimum absolute atomic E-state index is 0.289. The van der Waals surface area contributed by atoms with Crippen molar-refractivity contribution in [2.24, 2.45) is 0 Å². The second-order valence-corrected chi connectivity index (χ2v) is 4.83. The van der Waals surface area contributed by atoms with E-state index in [2.05, 4.69) is 9.47 Å². The van der Waals surface area contributed by atoms with E-state index in [0.717, 1.165) is 19.1 Å². The van der Waals surface area contributed by atoms with E-state index in [1.54, 1.807) is 0 Å². The van der Waals surface area contributed by atoms with E-state index in [1.807, 2.05) is 0 Å². The van der Waals surface area contributed by atoms with E-state index in [0.29, 0.717) is 12.1 Å². The Kier molecular flexibility index (Phi) is 5.45. The first-order chi connectivity index (χ1) is 12.3. The fourth-order valence-electron chi connectivity index (χ4n) is 2.22. The number of hydrogen-bond acceptors (Lipinski definition) is 7. The van der Waals surface area contributed by atoms with Gasteiger partial charge < -0.3 is 14.4 Å². The first-order valence-electron chi connectivity index (χ1n) is 7.00. The smallest absolute Gasteiger partial charge is 0.355 e. The maximum absolute atomic E-state index is 13.7. The van der Waals surface area contributed by atoms with Crippen LogP contribution in [-0.2, 0) is 19.1 Å². The molecule has 0 spiro atoms. The lowest BCUT2D eigenvalue weighted by Crippen LogP contribution is -2.27. The van der Waals surface area contributed by atoms with E-state index < -0.39 is 45.6 Å². The van der Waals surface area contributed by atoms with Gasteiger partial charge in [-0.05, 0) is 12.2 Å². The Morgan fingerprint density at radius 1 is 1.08 bits per heavy atom. The van der Waals surface area contributed by atoms with Crippen LogP contribution in [0, 0.1) is 21.7 Å². The summed E-state index contributed by atoms with van der Waals surface area (Å²) in [6.07, 6.45) is 5.09. The molecule has 1 aliphatic rings. The summed E-state index contributed by atoms with van der Waals surface area (Å²) in [6.45, 7) is 0. The molecule has 0 N–H and O–H groups in total. The predicted octanol–water partition coefficient (Wildman–Crippen LogP) is 2.36. The van der Waals surface area contributed by atoms with Gasteiger partial charge in [0.05, 0.1) is 30.8 Å². The normalized spacial score (nSPS) is 13.5. The quantitative estimate of drug-likeness (QED) is 0.458. The van der Waals surface area contributed by atoms with Crippen molar-refractivity contribution in [2.75, 3.05) is 19.1 Å². The summed E-state index contributed by atoms with van der Waals surface area (Å²) in [5, 5.41) is 11.3. The SMILES string of the molecule is COC(=O)C1=C(C(=O)OC)N(c2cc(F)c(F)cc2[N+](=O)[O-])C=CC=C1. The minimum atomic E-state index is -1.44. The van der Waals surface area contributed by atoms with Gasteiger partial charge in [0.25, 0.3) is 5.69 Å². The molecular formula is C16H12F2N2O6. The number of halogens is 2. The average molecular weight is 366 g/mol. The Labute approximate surface area is 145 Å². The number of anilines is 1. The van der Waals surface area contributed by atoms with Crippen LogP contribution in [-0.4, -0.2) is 31.1 Å². The van der Waals surface area contributed by atoms with E-state index in [9.17, 15) is 28.5 Å². The molecule has 0 saturated heterocycles. The third-order valence-electron chi connectivity index (χ3n) is 3.36. The molecule has 2 rings (SSSR count). The average Bonchev–Trinajstić information content (AvgIpc) is 2.84. The highest BCUT2D eigenvalue weighted by atomic mass is 19.2. The zero-order chi connectivity index (χ0) is 19.4. The summed E-state index contributed by atoms with van der Waals surface area (Å²) in [4.78, 5) is 35.4. The first kappa shape index (κ1) is 18.8. The zero-order valence-electron chi connectivity index (χ0n) is 13.6. The molecule has 1 aromatic carbocycles. The van der Waals surface area contributed by atoms with Gasteiger partial charge in [0.15, 0.2) is 11.6 Å². The van der Waals surface area contributed by atoms with Crippen molar-refractivity contribution >= 4 is 23.3 Å². The second kappa shape index (κ2) is 7.55. The van der Waals surface area contributed by atoms with Crippen LogP contribution in [0.1, 0.15) is 0 Å². The van der Waals surface area contributed by atoms with E-state index in [4.69, 9.17) is 0 Å².